The van der Waals surface area contributed by atoms with Gasteiger partial charge in [-0.25, -0.2) is 0 Å². The molecule has 2 heterocycles. The van der Waals surface area contributed by atoms with Crippen molar-refractivity contribution in [3.63, 3.8) is 0 Å². The van der Waals surface area contributed by atoms with Crippen molar-refractivity contribution in [3.8, 4) is 0 Å². The van der Waals surface area contributed by atoms with Gasteiger partial charge in [-0.15, -0.1) is 0 Å². The highest BCUT2D eigenvalue weighted by Gasteiger charge is 2.19. The van der Waals surface area contributed by atoms with Crippen molar-refractivity contribution in [2.45, 2.75) is 13.0 Å². The Hall–Kier alpha value is -2.63. The fourth-order valence-corrected chi connectivity index (χ4v) is 1.85. The average molecular weight is 288 g/mol. The molecule has 0 atom stereocenters. The molecule has 0 saturated heterocycles. The van der Waals surface area contributed by atoms with Crippen molar-refractivity contribution < 1.29 is 18.7 Å². The summed E-state index contributed by atoms with van der Waals surface area (Å²) in [6, 6.07) is 6.89. The Bertz CT molecular complexity index is 581. The zero-order chi connectivity index (χ0) is 15.1. The Morgan fingerprint density at radius 2 is 2.05 bits per heavy atom. The van der Waals surface area contributed by atoms with Crippen molar-refractivity contribution in [3.05, 3.63) is 54.2 Å². The molecule has 2 aromatic rings. The van der Waals surface area contributed by atoms with Crippen LogP contribution in [0.25, 0.3) is 0 Å². The maximum atomic E-state index is 12.4. The van der Waals surface area contributed by atoms with Crippen LogP contribution in [-0.4, -0.2) is 35.4 Å². The number of aromatic nitrogens is 1. The Morgan fingerprint density at radius 3 is 2.67 bits per heavy atom. The third kappa shape index (κ3) is 4.17. The van der Waals surface area contributed by atoms with Crippen molar-refractivity contribution in [2.24, 2.45) is 0 Å². The van der Waals surface area contributed by atoms with Gasteiger partial charge in [0.15, 0.2) is 5.76 Å². The van der Waals surface area contributed by atoms with E-state index in [0.717, 1.165) is 5.56 Å². The lowest BCUT2D eigenvalue weighted by Gasteiger charge is -2.21. The van der Waals surface area contributed by atoms with Crippen LogP contribution >= 0.6 is 0 Å². The molecular weight excluding hydrogens is 272 g/mol. The van der Waals surface area contributed by atoms with E-state index >= 15 is 0 Å². The van der Waals surface area contributed by atoms with Crippen LogP contribution in [0, 0.1) is 0 Å². The summed E-state index contributed by atoms with van der Waals surface area (Å²) in [5.74, 6) is -0.378. The van der Waals surface area contributed by atoms with Gasteiger partial charge in [-0.05, 0) is 29.8 Å². The Labute approximate surface area is 122 Å². The third-order valence-corrected chi connectivity index (χ3v) is 2.96. The molecule has 0 aromatic carbocycles. The van der Waals surface area contributed by atoms with Gasteiger partial charge in [0.2, 0.25) is 0 Å². The number of hydrogen-bond donors (Lipinski definition) is 0. The van der Waals surface area contributed by atoms with Crippen LogP contribution in [0.3, 0.4) is 0 Å². The van der Waals surface area contributed by atoms with E-state index in [4.69, 9.17) is 4.42 Å². The molecule has 21 heavy (non-hydrogen) atoms. The fourth-order valence-electron chi connectivity index (χ4n) is 1.85. The van der Waals surface area contributed by atoms with E-state index in [1.807, 2.05) is 12.1 Å². The zero-order valence-corrected chi connectivity index (χ0v) is 11.7. The minimum Gasteiger partial charge on any atom is -0.469 e. The van der Waals surface area contributed by atoms with Crippen LogP contribution in [0.5, 0.6) is 0 Å². The molecule has 0 spiro atoms. The number of amides is 1. The second-order valence-electron chi connectivity index (χ2n) is 4.39. The summed E-state index contributed by atoms with van der Waals surface area (Å²) in [5, 5.41) is 0. The van der Waals surface area contributed by atoms with Gasteiger partial charge in [0.1, 0.15) is 0 Å². The first-order valence-electron chi connectivity index (χ1n) is 6.49. The summed E-state index contributed by atoms with van der Waals surface area (Å²) in [5.41, 5.74) is 0.926. The van der Waals surface area contributed by atoms with Gasteiger partial charge in [-0.1, -0.05) is 0 Å². The third-order valence-electron chi connectivity index (χ3n) is 2.96. The number of esters is 1. The van der Waals surface area contributed by atoms with Gasteiger partial charge < -0.3 is 14.1 Å². The normalized spacial score (nSPS) is 10.1. The second kappa shape index (κ2) is 7.23. The van der Waals surface area contributed by atoms with Crippen molar-refractivity contribution >= 4 is 11.9 Å². The molecule has 6 heteroatoms. The highest BCUT2D eigenvalue weighted by Crippen LogP contribution is 2.11. The largest absolute Gasteiger partial charge is 0.469 e. The maximum absolute atomic E-state index is 12.4. The van der Waals surface area contributed by atoms with E-state index in [0.29, 0.717) is 6.54 Å². The van der Waals surface area contributed by atoms with Crippen LogP contribution < -0.4 is 0 Å². The lowest BCUT2D eigenvalue weighted by Crippen LogP contribution is -2.32. The van der Waals surface area contributed by atoms with Gasteiger partial charge in [0, 0.05) is 25.5 Å². The first-order valence-corrected chi connectivity index (χ1v) is 6.49. The van der Waals surface area contributed by atoms with Gasteiger partial charge in [0.05, 0.1) is 19.8 Å². The molecule has 0 bridgehead atoms. The predicted molar refractivity (Wildman–Crippen MR) is 74.3 cm³/mol. The molecule has 0 radical (unpaired) electrons. The molecule has 0 aliphatic heterocycles. The highest BCUT2D eigenvalue weighted by atomic mass is 16.5. The number of furan rings is 1. The molecule has 0 unspecified atom stereocenters. The molecule has 0 fully saturated rings. The van der Waals surface area contributed by atoms with Crippen LogP contribution in [0.1, 0.15) is 22.5 Å². The number of carbonyl (C=O) groups excluding carboxylic acids is 2. The second-order valence-corrected chi connectivity index (χ2v) is 4.39. The van der Waals surface area contributed by atoms with E-state index in [2.05, 4.69) is 9.72 Å². The first kappa shape index (κ1) is 14.8. The standard InChI is InChI=1S/C15H16N2O4/c1-20-14(18)6-9-17(11-12-4-7-16-8-5-12)15(19)13-3-2-10-21-13/h2-5,7-8,10H,6,9,11H2,1H3. The summed E-state index contributed by atoms with van der Waals surface area (Å²) in [7, 11) is 1.32. The number of methoxy groups -OCH3 is 1. The van der Waals surface area contributed by atoms with Crippen molar-refractivity contribution in [1.82, 2.24) is 9.88 Å². The summed E-state index contributed by atoms with van der Waals surface area (Å²) < 4.78 is 9.74. The topological polar surface area (TPSA) is 72.6 Å². The summed E-state index contributed by atoms with van der Waals surface area (Å²) >= 11 is 0. The van der Waals surface area contributed by atoms with Crippen LogP contribution in [-0.2, 0) is 16.1 Å². The molecule has 110 valence electrons. The molecule has 2 aromatic heterocycles. The van der Waals surface area contributed by atoms with Gasteiger partial charge in [-0.3, -0.25) is 14.6 Å². The first-order chi connectivity index (χ1) is 10.2. The summed E-state index contributed by atoms with van der Waals surface area (Å²) in [6.07, 6.45) is 4.89. The number of nitrogens with zero attached hydrogens (tertiary/aromatic N) is 2. The number of ether oxygens (including phenoxy) is 1. The molecule has 0 aliphatic rings. The summed E-state index contributed by atoms with van der Waals surface area (Å²) in [6.45, 7) is 0.633. The van der Waals surface area contributed by atoms with Crippen molar-refractivity contribution in [2.75, 3.05) is 13.7 Å². The fraction of sp³-hybridized carbons (Fsp3) is 0.267. The lowest BCUT2D eigenvalue weighted by molar-refractivity contribution is -0.140. The van der Waals surface area contributed by atoms with Gasteiger partial charge in [-0.2, -0.15) is 0 Å². The predicted octanol–water partition coefficient (Wildman–Crippen LogP) is 1.88. The highest BCUT2D eigenvalue weighted by molar-refractivity contribution is 5.91. The molecular formula is C15H16N2O4. The van der Waals surface area contributed by atoms with E-state index in [-0.39, 0.29) is 30.6 Å². The van der Waals surface area contributed by atoms with E-state index in [9.17, 15) is 9.59 Å². The monoisotopic (exact) mass is 288 g/mol. The quantitative estimate of drug-likeness (QED) is 0.759. The van der Waals surface area contributed by atoms with Crippen LogP contribution in [0.4, 0.5) is 0 Å². The molecule has 2 rings (SSSR count). The Balaban J connectivity index is 2.10. The van der Waals surface area contributed by atoms with Crippen LogP contribution in [0.2, 0.25) is 0 Å². The average Bonchev–Trinajstić information content (AvgIpc) is 3.05. The number of carbonyl (C=O) groups is 2. The number of hydrogen-bond acceptors (Lipinski definition) is 5. The Kier molecular flexibility index (Phi) is 5.09. The maximum Gasteiger partial charge on any atom is 0.307 e. The molecule has 1 amide bonds. The Morgan fingerprint density at radius 1 is 1.29 bits per heavy atom. The number of pyridine rings is 1. The van der Waals surface area contributed by atoms with E-state index in [1.54, 1.807) is 29.4 Å². The van der Waals surface area contributed by atoms with Gasteiger partial charge in [0.25, 0.3) is 5.91 Å². The zero-order valence-electron chi connectivity index (χ0n) is 11.7. The lowest BCUT2D eigenvalue weighted by atomic mass is 10.2. The minimum absolute atomic E-state index is 0.133. The van der Waals surface area contributed by atoms with E-state index in [1.165, 1.54) is 13.4 Å². The van der Waals surface area contributed by atoms with E-state index < -0.39 is 0 Å². The molecule has 0 aliphatic carbocycles. The van der Waals surface area contributed by atoms with Gasteiger partial charge >= 0.3 is 5.97 Å². The number of rotatable bonds is 6. The van der Waals surface area contributed by atoms with Crippen LogP contribution in [0.15, 0.2) is 47.3 Å². The van der Waals surface area contributed by atoms with Crippen molar-refractivity contribution in [1.29, 1.82) is 0 Å². The summed E-state index contributed by atoms with van der Waals surface area (Å²) in [4.78, 5) is 29.1. The SMILES string of the molecule is COC(=O)CCN(Cc1ccncc1)C(=O)c1ccco1. The minimum atomic E-state index is -0.359. The molecule has 6 nitrogen and oxygen atoms in total. The molecule has 0 N–H and O–H groups in total. The smallest absolute Gasteiger partial charge is 0.307 e. The molecule has 0 saturated carbocycles.